The molecule has 0 saturated carbocycles. The van der Waals surface area contributed by atoms with Gasteiger partial charge in [0.2, 0.25) is 0 Å². The summed E-state index contributed by atoms with van der Waals surface area (Å²) in [5.74, 6) is 2.52. The molecule has 0 saturated heterocycles. The number of aryl methyl sites for hydroxylation is 2. The van der Waals surface area contributed by atoms with E-state index in [0.29, 0.717) is 5.92 Å². The molecule has 108 valence electrons. The molecule has 0 bridgehead atoms. The lowest BCUT2D eigenvalue weighted by Crippen LogP contribution is -2.30. The summed E-state index contributed by atoms with van der Waals surface area (Å²) in [6.45, 7) is 10.9. The maximum atomic E-state index is 4.78. The number of rotatable bonds is 8. The first-order chi connectivity index (χ1) is 9.12. The van der Waals surface area contributed by atoms with Crippen LogP contribution >= 0.6 is 12.6 Å². The highest BCUT2D eigenvalue weighted by molar-refractivity contribution is 7.80. The van der Waals surface area contributed by atoms with E-state index in [9.17, 15) is 0 Å². The van der Waals surface area contributed by atoms with Crippen LogP contribution in [0.25, 0.3) is 0 Å². The Morgan fingerprint density at radius 3 is 2.68 bits per heavy atom. The molecule has 1 atom stereocenters. The van der Waals surface area contributed by atoms with Gasteiger partial charge in [-0.05, 0) is 25.0 Å². The molecular formula is C15H27N3S. The SMILES string of the molecule is CCCN(CC(C)CC)c1cnc(C)c(CCS)n1. The quantitative estimate of drug-likeness (QED) is 0.739. The predicted octanol–water partition coefficient (Wildman–Crippen LogP) is 3.52. The van der Waals surface area contributed by atoms with Gasteiger partial charge in [-0.25, -0.2) is 4.98 Å². The Hall–Kier alpha value is -0.770. The lowest BCUT2D eigenvalue weighted by Gasteiger charge is -2.26. The van der Waals surface area contributed by atoms with Crippen molar-refractivity contribution in [1.29, 1.82) is 0 Å². The fraction of sp³-hybridized carbons (Fsp3) is 0.733. The minimum atomic E-state index is 0.683. The molecule has 0 aliphatic rings. The van der Waals surface area contributed by atoms with Crippen LogP contribution in [0.1, 0.15) is 45.0 Å². The molecule has 1 aromatic heterocycles. The highest BCUT2D eigenvalue weighted by Gasteiger charge is 2.12. The van der Waals surface area contributed by atoms with E-state index in [2.05, 4.69) is 43.3 Å². The maximum absolute atomic E-state index is 4.78. The third-order valence-corrected chi connectivity index (χ3v) is 3.66. The van der Waals surface area contributed by atoms with Crippen molar-refractivity contribution in [2.75, 3.05) is 23.7 Å². The smallest absolute Gasteiger partial charge is 0.147 e. The Labute approximate surface area is 123 Å². The molecule has 0 fully saturated rings. The van der Waals surface area contributed by atoms with Crippen molar-refractivity contribution in [3.8, 4) is 0 Å². The molecule has 0 aromatic carbocycles. The summed E-state index contributed by atoms with van der Waals surface area (Å²) < 4.78 is 0. The van der Waals surface area contributed by atoms with Gasteiger partial charge >= 0.3 is 0 Å². The van der Waals surface area contributed by atoms with E-state index in [-0.39, 0.29) is 0 Å². The van der Waals surface area contributed by atoms with Crippen LogP contribution in [0.2, 0.25) is 0 Å². The second-order valence-corrected chi connectivity index (χ2v) is 5.64. The molecule has 3 nitrogen and oxygen atoms in total. The third-order valence-electron chi connectivity index (χ3n) is 3.44. The van der Waals surface area contributed by atoms with Crippen LogP contribution < -0.4 is 4.90 Å². The average Bonchev–Trinajstić information content (AvgIpc) is 2.41. The van der Waals surface area contributed by atoms with Gasteiger partial charge in [-0.3, -0.25) is 4.98 Å². The second kappa shape index (κ2) is 8.41. The van der Waals surface area contributed by atoms with Crippen molar-refractivity contribution < 1.29 is 0 Å². The molecular weight excluding hydrogens is 254 g/mol. The first kappa shape index (κ1) is 16.3. The van der Waals surface area contributed by atoms with Crippen molar-refractivity contribution in [2.45, 2.75) is 47.0 Å². The third kappa shape index (κ3) is 5.01. The highest BCUT2D eigenvalue weighted by Crippen LogP contribution is 2.16. The van der Waals surface area contributed by atoms with Gasteiger partial charge < -0.3 is 4.90 Å². The summed E-state index contributed by atoms with van der Waals surface area (Å²) in [7, 11) is 0. The van der Waals surface area contributed by atoms with Crippen molar-refractivity contribution >= 4 is 18.4 Å². The summed E-state index contributed by atoms with van der Waals surface area (Å²) in [5, 5.41) is 0. The molecule has 0 aliphatic carbocycles. The fourth-order valence-electron chi connectivity index (χ4n) is 2.05. The van der Waals surface area contributed by atoms with Gasteiger partial charge in [0.1, 0.15) is 5.82 Å². The van der Waals surface area contributed by atoms with Gasteiger partial charge in [0, 0.05) is 19.5 Å². The van der Waals surface area contributed by atoms with Gasteiger partial charge in [-0.2, -0.15) is 12.6 Å². The molecule has 0 N–H and O–H groups in total. The van der Waals surface area contributed by atoms with Gasteiger partial charge in [0.15, 0.2) is 0 Å². The van der Waals surface area contributed by atoms with E-state index >= 15 is 0 Å². The minimum Gasteiger partial charge on any atom is -0.355 e. The van der Waals surface area contributed by atoms with E-state index in [0.717, 1.165) is 48.9 Å². The molecule has 19 heavy (non-hydrogen) atoms. The number of thiol groups is 1. The largest absolute Gasteiger partial charge is 0.355 e. The lowest BCUT2D eigenvalue weighted by molar-refractivity contribution is 0.537. The van der Waals surface area contributed by atoms with Crippen LogP contribution in [-0.2, 0) is 6.42 Å². The summed E-state index contributed by atoms with van der Waals surface area (Å²) in [5.41, 5.74) is 2.11. The van der Waals surface area contributed by atoms with E-state index in [1.54, 1.807) is 0 Å². The molecule has 1 rings (SSSR count). The van der Waals surface area contributed by atoms with Crippen molar-refractivity contribution in [1.82, 2.24) is 9.97 Å². The number of aromatic nitrogens is 2. The summed E-state index contributed by atoms with van der Waals surface area (Å²) in [4.78, 5) is 11.6. The monoisotopic (exact) mass is 281 g/mol. The van der Waals surface area contributed by atoms with Gasteiger partial charge in [-0.1, -0.05) is 27.2 Å². The zero-order valence-electron chi connectivity index (χ0n) is 12.7. The first-order valence-corrected chi connectivity index (χ1v) is 7.93. The van der Waals surface area contributed by atoms with Crippen LogP contribution in [0.5, 0.6) is 0 Å². The highest BCUT2D eigenvalue weighted by atomic mass is 32.1. The summed E-state index contributed by atoms with van der Waals surface area (Å²) in [6.07, 6.45) is 5.13. The Morgan fingerprint density at radius 2 is 2.11 bits per heavy atom. The lowest BCUT2D eigenvalue weighted by atomic mass is 10.1. The number of hydrogen-bond acceptors (Lipinski definition) is 4. The number of hydrogen-bond donors (Lipinski definition) is 1. The Kier molecular flexibility index (Phi) is 7.21. The standard InChI is InChI=1S/C15H27N3S/c1-5-8-18(11-12(3)6-2)15-10-16-13(4)14(17-15)7-9-19/h10,12,19H,5-9,11H2,1-4H3. The zero-order valence-corrected chi connectivity index (χ0v) is 13.6. The van der Waals surface area contributed by atoms with Crippen molar-refractivity contribution in [3.05, 3.63) is 17.6 Å². The molecule has 0 aliphatic heterocycles. The normalized spacial score (nSPS) is 12.5. The Balaban J connectivity index is 2.91. The first-order valence-electron chi connectivity index (χ1n) is 7.30. The van der Waals surface area contributed by atoms with E-state index in [1.807, 2.05) is 13.1 Å². The van der Waals surface area contributed by atoms with Gasteiger partial charge in [0.25, 0.3) is 0 Å². The van der Waals surface area contributed by atoms with Crippen LogP contribution in [0.4, 0.5) is 5.82 Å². The summed E-state index contributed by atoms with van der Waals surface area (Å²) >= 11 is 4.30. The second-order valence-electron chi connectivity index (χ2n) is 5.19. The average molecular weight is 281 g/mol. The maximum Gasteiger partial charge on any atom is 0.147 e. The molecule has 1 heterocycles. The molecule has 4 heteroatoms. The van der Waals surface area contributed by atoms with Crippen molar-refractivity contribution in [2.24, 2.45) is 5.92 Å². The molecule has 0 spiro atoms. The fourth-order valence-corrected chi connectivity index (χ4v) is 2.26. The van der Waals surface area contributed by atoms with Crippen LogP contribution in [-0.4, -0.2) is 28.8 Å². The summed E-state index contributed by atoms with van der Waals surface area (Å²) in [6, 6.07) is 0. The van der Waals surface area contributed by atoms with E-state index < -0.39 is 0 Å². The van der Waals surface area contributed by atoms with Crippen LogP contribution in [0.3, 0.4) is 0 Å². The van der Waals surface area contributed by atoms with E-state index in [4.69, 9.17) is 4.98 Å². The topological polar surface area (TPSA) is 29.0 Å². The number of anilines is 1. The van der Waals surface area contributed by atoms with Gasteiger partial charge in [-0.15, -0.1) is 0 Å². The molecule has 1 aromatic rings. The zero-order chi connectivity index (χ0) is 14.3. The molecule has 0 amide bonds. The Morgan fingerprint density at radius 1 is 1.37 bits per heavy atom. The number of nitrogens with zero attached hydrogens (tertiary/aromatic N) is 3. The van der Waals surface area contributed by atoms with Crippen LogP contribution in [0.15, 0.2) is 6.20 Å². The van der Waals surface area contributed by atoms with Gasteiger partial charge in [0.05, 0.1) is 17.6 Å². The predicted molar refractivity (Wildman–Crippen MR) is 86.3 cm³/mol. The van der Waals surface area contributed by atoms with Crippen molar-refractivity contribution in [3.63, 3.8) is 0 Å². The molecule has 1 unspecified atom stereocenters. The van der Waals surface area contributed by atoms with E-state index in [1.165, 1.54) is 6.42 Å². The Bertz CT molecular complexity index is 382. The van der Waals surface area contributed by atoms with Crippen LogP contribution in [0, 0.1) is 12.8 Å². The minimum absolute atomic E-state index is 0.683. The molecule has 0 radical (unpaired) electrons.